The molecule has 0 aliphatic carbocycles. The lowest BCUT2D eigenvalue weighted by atomic mass is 9.82. The Balaban J connectivity index is 1.82. The fourth-order valence-electron chi connectivity index (χ4n) is 4.74. The second-order valence-corrected chi connectivity index (χ2v) is 13.2. The van der Waals surface area contributed by atoms with Crippen LogP contribution < -0.4 is 0 Å². The van der Waals surface area contributed by atoms with E-state index in [0.717, 1.165) is 27.1 Å². The van der Waals surface area contributed by atoms with E-state index in [2.05, 4.69) is 18.1 Å². The summed E-state index contributed by atoms with van der Waals surface area (Å²) in [5, 5.41) is 4.55. The van der Waals surface area contributed by atoms with Gasteiger partial charge in [0.15, 0.2) is 0 Å². The number of nitrogens with zero attached hydrogens (tertiary/aromatic N) is 4. The Bertz CT molecular complexity index is 1280. The molecule has 0 spiro atoms. The smallest absolute Gasteiger partial charge is 0.246 e. The monoisotopic (exact) mass is 640 g/mol. The first-order chi connectivity index (χ1) is 17.0. The third-order valence-electron chi connectivity index (χ3n) is 6.50. The Morgan fingerprint density at radius 3 is 2.72 bits per heavy atom. The first-order valence-electron chi connectivity index (χ1n) is 12.0. The van der Waals surface area contributed by atoms with E-state index in [-0.39, 0.29) is 17.9 Å². The molecular formula is C27H31ClFIN4OS. The molecule has 3 atom stereocenters. The number of hydrogen-bond donors (Lipinski definition) is 0. The van der Waals surface area contributed by atoms with Crippen LogP contribution in [0.4, 0.5) is 4.39 Å². The van der Waals surface area contributed by atoms with Crippen molar-refractivity contribution >= 4 is 51.4 Å². The number of carbonyl (C=O) groups excluding carboxylic acids is 1. The lowest BCUT2D eigenvalue weighted by molar-refractivity contribution is -0.128. The molecule has 3 aromatic rings. The highest BCUT2D eigenvalue weighted by atomic mass is 127. The van der Waals surface area contributed by atoms with E-state index in [1.54, 1.807) is 33.3 Å². The van der Waals surface area contributed by atoms with E-state index in [9.17, 15) is 4.79 Å². The third kappa shape index (κ3) is 5.56. The molecule has 0 saturated carbocycles. The number of likely N-dealkylation sites (N-methyl/N-ethyl adjacent to an activating group) is 1. The van der Waals surface area contributed by atoms with Gasteiger partial charge in [0.25, 0.3) is 0 Å². The average molecular weight is 641 g/mol. The molecule has 0 N–H and O–H groups in total. The minimum Gasteiger partial charge on any atom is -0.331 e. The number of halogens is 3. The van der Waals surface area contributed by atoms with Crippen molar-refractivity contribution in [3.05, 3.63) is 74.7 Å². The maximum Gasteiger partial charge on any atom is 0.246 e. The molecule has 5 nitrogen and oxygen atoms in total. The number of benzene rings is 1. The van der Waals surface area contributed by atoms with Crippen LogP contribution in [0.5, 0.6) is 0 Å². The maximum atomic E-state index is 15.3. The summed E-state index contributed by atoms with van der Waals surface area (Å²) >= 11 is 9.84. The number of alkyl halides is 2. The molecule has 0 saturated heterocycles. The van der Waals surface area contributed by atoms with Gasteiger partial charge in [0.05, 0.1) is 10.4 Å². The molecule has 36 heavy (non-hydrogen) atoms. The predicted molar refractivity (Wildman–Crippen MR) is 155 cm³/mol. The number of fused-ring (bicyclic) bond motifs is 1. The summed E-state index contributed by atoms with van der Waals surface area (Å²) in [6, 6.07) is 10.0. The normalized spacial score (nSPS) is 19.6. The van der Waals surface area contributed by atoms with E-state index < -0.39 is 3.68 Å². The van der Waals surface area contributed by atoms with Crippen molar-refractivity contribution in [1.82, 2.24) is 19.6 Å². The van der Waals surface area contributed by atoms with Crippen LogP contribution in [-0.2, 0) is 15.0 Å². The van der Waals surface area contributed by atoms with Crippen LogP contribution in [-0.4, -0.2) is 52.7 Å². The molecule has 1 aromatic carbocycles. The molecule has 1 aliphatic heterocycles. The summed E-state index contributed by atoms with van der Waals surface area (Å²) in [7, 11) is 3.94. The molecular weight excluding hydrogens is 610 g/mol. The van der Waals surface area contributed by atoms with Gasteiger partial charge in [-0.25, -0.2) is 4.39 Å². The van der Waals surface area contributed by atoms with Crippen LogP contribution in [0.3, 0.4) is 0 Å². The molecule has 3 heterocycles. The van der Waals surface area contributed by atoms with Crippen LogP contribution in [0, 0.1) is 0 Å². The van der Waals surface area contributed by atoms with Gasteiger partial charge in [-0.15, -0.1) is 11.3 Å². The summed E-state index contributed by atoms with van der Waals surface area (Å²) < 4.78 is 16.1. The lowest BCUT2D eigenvalue weighted by Gasteiger charge is -2.38. The molecule has 9 heteroatoms. The van der Waals surface area contributed by atoms with E-state index in [4.69, 9.17) is 11.6 Å². The summed E-state index contributed by atoms with van der Waals surface area (Å²) in [4.78, 5) is 18.3. The van der Waals surface area contributed by atoms with Gasteiger partial charge in [-0.05, 0) is 80.2 Å². The molecule has 1 amide bonds. The maximum absolute atomic E-state index is 15.3. The highest BCUT2D eigenvalue weighted by molar-refractivity contribution is 14.1. The minimum absolute atomic E-state index is 0.0231. The van der Waals surface area contributed by atoms with Crippen molar-refractivity contribution in [3.8, 4) is 11.1 Å². The van der Waals surface area contributed by atoms with Crippen molar-refractivity contribution in [2.24, 2.45) is 0 Å². The van der Waals surface area contributed by atoms with Crippen molar-refractivity contribution < 1.29 is 9.18 Å². The SMILES string of the molecule is CCn1cc(-c2ccccc2C2CN(C(=O)/C=C/CN(C)C)C(C)c3sc(Cl)cc32)c(C(C)(F)I)n1. The fourth-order valence-corrected chi connectivity index (χ4v) is 6.52. The quantitative estimate of drug-likeness (QED) is 0.158. The fraction of sp³-hybridized carbons (Fsp3) is 0.407. The number of aromatic nitrogens is 2. The largest absolute Gasteiger partial charge is 0.331 e. The second-order valence-electron chi connectivity index (χ2n) is 9.48. The summed E-state index contributed by atoms with van der Waals surface area (Å²) in [6.07, 6.45) is 5.47. The summed E-state index contributed by atoms with van der Waals surface area (Å²) in [5.41, 5.74) is 4.28. The molecule has 3 unspecified atom stereocenters. The Labute approximate surface area is 235 Å². The number of aryl methyl sites for hydroxylation is 1. The molecule has 192 valence electrons. The van der Waals surface area contributed by atoms with Crippen molar-refractivity contribution in [2.75, 3.05) is 27.2 Å². The van der Waals surface area contributed by atoms with Crippen LogP contribution in [0.15, 0.2) is 48.7 Å². The van der Waals surface area contributed by atoms with E-state index >= 15 is 4.39 Å². The average Bonchev–Trinajstić information content (AvgIpc) is 3.43. The zero-order valence-electron chi connectivity index (χ0n) is 21.1. The van der Waals surface area contributed by atoms with Crippen LogP contribution >= 0.6 is 45.5 Å². The van der Waals surface area contributed by atoms with Gasteiger partial charge in [0.1, 0.15) is 5.69 Å². The van der Waals surface area contributed by atoms with Gasteiger partial charge in [-0.2, -0.15) is 5.10 Å². The zero-order valence-corrected chi connectivity index (χ0v) is 24.9. The first-order valence-corrected chi connectivity index (χ1v) is 14.2. The van der Waals surface area contributed by atoms with Gasteiger partial charge < -0.3 is 9.80 Å². The number of carbonyl (C=O) groups is 1. The molecule has 0 bridgehead atoms. The number of hydrogen-bond acceptors (Lipinski definition) is 4. The van der Waals surface area contributed by atoms with Gasteiger partial charge in [-0.3, -0.25) is 9.48 Å². The van der Waals surface area contributed by atoms with Gasteiger partial charge in [-0.1, -0.05) is 41.9 Å². The Morgan fingerprint density at radius 2 is 2.06 bits per heavy atom. The number of amides is 1. The number of thiophene rings is 1. The summed E-state index contributed by atoms with van der Waals surface area (Å²) in [6.45, 7) is 7.43. The van der Waals surface area contributed by atoms with E-state index in [1.165, 1.54) is 18.3 Å². The minimum atomic E-state index is -1.63. The van der Waals surface area contributed by atoms with Crippen LogP contribution in [0.2, 0.25) is 4.34 Å². The predicted octanol–water partition coefficient (Wildman–Crippen LogP) is 7.02. The third-order valence-corrected chi connectivity index (χ3v) is 8.47. The van der Waals surface area contributed by atoms with Crippen LogP contribution in [0.25, 0.3) is 11.1 Å². The summed E-state index contributed by atoms with van der Waals surface area (Å²) in [5.74, 6) is -0.120. The van der Waals surface area contributed by atoms with Crippen molar-refractivity contribution in [3.63, 3.8) is 0 Å². The van der Waals surface area contributed by atoms with Crippen LogP contribution in [0.1, 0.15) is 54.4 Å². The zero-order chi connectivity index (χ0) is 26.2. The number of rotatable bonds is 7. The Hall–Kier alpha value is -1.75. The van der Waals surface area contributed by atoms with Crippen molar-refractivity contribution in [1.29, 1.82) is 0 Å². The topological polar surface area (TPSA) is 41.4 Å². The molecule has 4 rings (SSSR count). The van der Waals surface area contributed by atoms with E-state index in [1.807, 2.05) is 67.4 Å². The highest BCUT2D eigenvalue weighted by Gasteiger charge is 2.37. The standard InChI is InChI=1S/C27H31ClFIN4OS/c1-6-33-15-22(26(31-33)27(3,29)30)19-11-8-7-10-18(19)21-16-34(24(35)12-9-13-32(4)5)17(2)25-20(21)14-23(28)36-25/h7-12,14-15,17,21H,6,13,16H2,1-5H3/b12-9+. The molecule has 1 aliphatic rings. The van der Waals surface area contributed by atoms with Crippen molar-refractivity contribution in [2.45, 2.75) is 43.0 Å². The first kappa shape index (κ1) is 27.3. The molecule has 0 radical (unpaired) electrons. The van der Waals surface area contributed by atoms with E-state index in [0.29, 0.717) is 29.7 Å². The lowest BCUT2D eigenvalue weighted by Crippen LogP contribution is -2.40. The van der Waals surface area contributed by atoms with Gasteiger partial charge in [0, 0.05) is 48.3 Å². The molecule has 2 aromatic heterocycles. The Kier molecular flexibility index (Phi) is 8.29. The second kappa shape index (κ2) is 10.9. The highest BCUT2D eigenvalue weighted by Crippen LogP contribution is 2.48. The van der Waals surface area contributed by atoms with Gasteiger partial charge >= 0.3 is 0 Å². The van der Waals surface area contributed by atoms with Gasteiger partial charge in [0.2, 0.25) is 9.58 Å². The molecule has 0 fully saturated rings. The Morgan fingerprint density at radius 1 is 1.33 bits per heavy atom.